The number of halogens is 1. The number of carboxylic acids is 1. The Morgan fingerprint density at radius 1 is 1.17 bits per heavy atom. The van der Waals surface area contributed by atoms with Gasteiger partial charge in [-0.3, -0.25) is 14.5 Å². The fourth-order valence-corrected chi connectivity index (χ4v) is 4.06. The van der Waals surface area contributed by atoms with Crippen molar-refractivity contribution < 1.29 is 19.4 Å². The molecule has 0 unspecified atom stereocenters. The summed E-state index contributed by atoms with van der Waals surface area (Å²) in [5.74, 6) is -0.539. The number of rotatable bonds is 1. The molecule has 2 aromatic rings. The smallest absolute Gasteiger partial charge is 0.308 e. The molecule has 0 radical (unpaired) electrons. The SMILES string of the molecule is O=C(O)[C@@H]1CCC(=O)N2c3c(Br)cccc3Oc3ccccc3[C@H]12. The number of ether oxygens (including phenoxy) is 1. The van der Waals surface area contributed by atoms with Crippen molar-refractivity contribution in [3.8, 4) is 11.5 Å². The van der Waals surface area contributed by atoms with Gasteiger partial charge in [0.2, 0.25) is 5.91 Å². The van der Waals surface area contributed by atoms with E-state index in [0.717, 1.165) is 5.56 Å². The van der Waals surface area contributed by atoms with Crippen molar-refractivity contribution in [2.45, 2.75) is 18.9 Å². The van der Waals surface area contributed by atoms with Crippen molar-refractivity contribution in [1.29, 1.82) is 0 Å². The molecule has 1 amide bonds. The highest BCUT2D eigenvalue weighted by Gasteiger charge is 2.45. The van der Waals surface area contributed by atoms with Crippen molar-refractivity contribution in [2.75, 3.05) is 4.90 Å². The van der Waals surface area contributed by atoms with Crippen molar-refractivity contribution in [2.24, 2.45) is 5.92 Å². The molecule has 0 aliphatic carbocycles. The zero-order chi connectivity index (χ0) is 16.8. The summed E-state index contributed by atoms with van der Waals surface area (Å²) in [6, 6.07) is 12.2. The molecule has 4 rings (SSSR count). The first-order valence-corrected chi connectivity index (χ1v) is 8.47. The fourth-order valence-electron chi connectivity index (χ4n) is 3.52. The summed E-state index contributed by atoms with van der Waals surface area (Å²) in [5.41, 5.74) is 1.32. The minimum absolute atomic E-state index is 0.0917. The van der Waals surface area contributed by atoms with Crippen molar-refractivity contribution >= 4 is 33.5 Å². The number of piperidine rings is 1. The fraction of sp³-hybridized carbons (Fsp3) is 0.222. The maximum Gasteiger partial charge on any atom is 0.308 e. The maximum atomic E-state index is 12.7. The first-order valence-electron chi connectivity index (χ1n) is 7.68. The van der Waals surface area contributed by atoms with E-state index in [1.54, 1.807) is 11.0 Å². The topological polar surface area (TPSA) is 66.8 Å². The number of carbonyl (C=O) groups is 2. The zero-order valence-corrected chi connectivity index (χ0v) is 14.2. The Morgan fingerprint density at radius 3 is 2.71 bits per heavy atom. The molecule has 2 aliphatic heterocycles. The molecule has 1 fully saturated rings. The van der Waals surface area contributed by atoms with E-state index in [0.29, 0.717) is 28.1 Å². The molecule has 5 nitrogen and oxygen atoms in total. The second-order valence-electron chi connectivity index (χ2n) is 5.92. The molecule has 1 N–H and O–H groups in total. The number of hydrogen-bond acceptors (Lipinski definition) is 3. The minimum atomic E-state index is -0.900. The van der Waals surface area contributed by atoms with E-state index in [1.165, 1.54) is 0 Å². The van der Waals surface area contributed by atoms with Gasteiger partial charge in [0.15, 0.2) is 5.75 Å². The van der Waals surface area contributed by atoms with Crippen LogP contribution in [-0.4, -0.2) is 17.0 Å². The van der Waals surface area contributed by atoms with E-state index < -0.39 is 17.9 Å². The molecule has 2 heterocycles. The number of benzene rings is 2. The van der Waals surface area contributed by atoms with Crippen molar-refractivity contribution in [3.05, 3.63) is 52.5 Å². The molecule has 0 spiro atoms. The monoisotopic (exact) mass is 387 g/mol. The first-order chi connectivity index (χ1) is 11.6. The number of hydrogen-bond donors (Lipinski definition) is 1. The van der Waals surface area contributed by atoms with Gasteiger partial charge < -0.3 is 9.84 Å². The number of carboxylic acid groups (broad SMARTS) is 1. The van der Waals surface area contributed by atoms with Crippen LogP contribution in [0.15, 0.2) is 46.9 Å². The van der Waals surface area contributed by atoms with Crippen LogP contribution in [0.5, 0.6) is 11.5 Å². The molecule has 24 heavy (non-hydrogen) atoms. The van der Waals surface area contributed by atoms with Crippen LogP contribution in [0.2, 0.25) is 0 Å². The van der Waals surface area contributed by atoms with Crippen LogP contribution in [0, 0.1) is 5.92 Å². The van der Waals surface area contributed by atoms with Gasteiger partial charge in [-0.25, -0.2) is 0 Å². The summed E-state index contributed by atoms with van der Waals surface area (Å²) in [6.45, 7) is 0. The molecular formula is C18H14BrNO4. The first kappa shape index (κ1) is 15.2. The second kappa shape index (κ2) is 5.63. The number of fused-ring (bicyclic) bond motifs is 5. The maximum absolute atomic E-state index is 12.7. The lowest BCUT2D eigenvalue weighted by Gasteiger charge is -2.39. The molecule has 2 aromatic carbocycles. The van der Waals surface area contributed by atoms with E-state index in [1.807, 2.05) is 36.4 Å². The Bertz CT molecular complexity index is 851. The lowest BCUT2D eigenvalue weighted by Crippen LogP contribution is -2.45. The van der Waals surface area contributed by atoms with Gasteiger partial charge in [-0.15, -0.1) is 0 Å². The number of carbonyl (C=O) groups excluding carboxylic acids is 1. The highest BCUT2D eigenvalue weighted by atomic mass is 79.9. The van der Waals surface area contributed by atoms with Gasteiger partial charge in [-0.2, -0.15) is 0 Å². The van der Waals surface area contributed by atoms with Gasteiger partial charge in [0.05, 0.1) is 12.0 Å². The molecule has 1 saturated heterocycles. The van der Waals surface area contributed by atoms with E-state index >= 15 is 0 Å². The van der Waals surface area contributed by atoms with E-state index in [-0.39, 0.29) is 12.3 Å². The van der Waals surface area contributed by atoms with Crippen LogP contribution >= 0.6 is 15.9 Å². The lowest BCUT2D eigenvalue weighted by molar-refractivity contribution is -0.144. The molecule has 122 valence electrons. The molecule has 0 aromatic heterocycles. The largest absolute Gasteiger partial charge is 0.481 e. The summed E-state index contributed by atoms with van der Waals surface area (Å²) in [4.78, 5) is 26.2. The van der Waals surface area contributed by atoms with Crippen LogP contribution in [-0.2, 0) is 9.59 Å². The van der Waals surface area contributed by atoms with Crippen molar-refractivity contribution in [1.82, 2.24) is 0 Å². The predicted molar refractivity (Wildman–Crippen MR) is 91.2 cm³/mol. The molecule has 2 atom stereocenters. The van der Waals surface area contributed by atoms with Gasteiger partial charge in [0, 0.05) is 16.5 Å². The quantitative estimate of drug-likeness (QED) is 0.798. The van der Waals surface area contributed by atoms with Crippen LogP contribution < -0.4 is 9.64 Å². The number of nitrogens with zero attached hydrogens (tertiary/aromatic N) is 1. The molecule has 0 bridgehead atoms. The average Bonchev–Trinajstić information content (AvgIpc) is 2.71. The van der Waals surface area contributed by atoms with Gasteiger partial charge >= 0.3 is 5.97 Å². The van der Waals surface area contributed by atoms with Gasteiger partial charge in [-0.05, 0) is 40.5 Å². The van der Waals surface area contributed by atoms with Gasteiger partial charge in [0.1, 0.15) is 11.4 Å². The Balaban J connectivity index is 2.02. The zero-order valence-electron chi connectivity index (χ0n) is 12.6. The number of anilines is 1. The summed E-state index contributed by atoms with van der Waals surface area (Å²) in [5, 5.41) is 9.71. The Morgan fingerprint density at radius 2 is 1.92 bits per heavy atom. The number of aliphatic carboxylic acids is 1. The van der Waals surface area contributed by atoms with Crippen molar-refractivity contribution in [3.63, 3.8) is 0 Å². The third-order valence-electron chi connectivity index (χ3n) is 4.56. The van der Waals surface area contributed by atoms with E-state index in [9.17, 15) is 14.7 Å². The van der Waals surface area contributed by atoms with Crippen LogP contribution in [0.25, 0.3) is 0 Å². The van der Waals surface area contributed by atoms with Gasteiger partial charge in [0.25, 0.3) is 0 Å². The summed E-state index contributed by atoms with van der Waals surface area (Å²) >= 11 is 3.49. The summed E-state index contributed by atoms with van der Waals surface area (Å²) in [7, 11) is 0. The van der Waals surface area contributed by atoms with Gasteiger partial charge in [-0.1, -0.05) is 24.3 Å². The van der Waals surface area contributed by atoms with Crippen LogP contribution in [0.4, 0.5) is 5.69 Å². The number of para-hydroxylation sites is 2. The molecular weight excluding hydrogens is 374 g/mol. The lowest BCUT2D eigenvalue weighted by atomic mass is 9.83. The van der Waals surface area contributed by atoms with Crippen LogP contribution in [0.3, 0.4) is 0 Å². The third-order valence-corrected chi connectivity index (χ3v) is 5.20. The second-order valence-corrected chi connectivity index (χ2v) is 6.77. The summed E-state index contributed by atoms with van der Waals surface area (Å²) in [6.07, 6.45) is 0.528. The Hall–Kier alpha value is -2.34. The highest BCUT2D eigenvalue weighted by molar-refractivity contribution is 9.10. The standard InChI is InChI=1S/C18H14BrNO4/c19-12-5-3-7-14-17(12)20-15(21)9-8-11(18(22)23)16(20)10-4-1-2-6-13(10)24-14/h1-7,11,16H,8-9H2,(H,22,23)/t11-,16-/m1/s1. The molecule has 2 aliphatic rings. The minimum Gasteiger partial charge on any atom is -0.481 e. The van der Waals surface area contributed by atoms with Crippen LogP contribution in [0.1, 0.15) is 24.4 Å². The summed E-state index contributed by atoms with van der Waals surface area (Å²) < 4.78 is 6.74. The average molecular weight is 388 g/mol. The highest BCUT2D eigenvalue weighted by Crippen LogP contribution is 2.51. The molecule has 6 heteroatoms. The van der Waals surface area contributed by atoms with E-state index in [4.69, 9.17) is 4.74 Å². The number of amides is 1. The normalized spacial score (nSPS) is 21.9. The molecule has 0 saturated carbocycles. The third kappa shape index (κ3) is 2.21. The van der Waals surface area contributed by atoms with E-state index in [2.05, 4.69) is 15.9 Å². The Labute approximate surface area is 147 Å². The predicted octanol–water partition coefficient (Wildman–Crippen LogP) is 4.12. The Kier molecular flexibility index (Phi) is 3.57.